The molecule has 0 spiro atoms. The van der Waals surface area contributed by atoms with Crippen LogP contribution in [0.1, 0.15) is 10.6 Å². The largest absolute Gasteiger partial charge is 0.484 e. The second kappa shape index (κ2) is 7.67. The fourth-order valence-electron chi connectivity index (χ4n) is 2.63. The predicted octanol–water partition coefficient (Wildman–Crippen LogP) is 3.43. The average Bonchev–Trinajstić information content (AvgIpc) is 3.38. The average molecular weight is 376 g/mol. The number of H-pyrrole nitrogens is 1. The first-order valence-electron chi connectivity index (χ1n) is 8.48. The number of hydrogen-bond donors (Lipinski definition) is 3. The van der Waals surface area contributed by atoms with Crippen molar-refractivity contribution in [2.45, 2.75) is 0 Å². The Morgan fingerprint density at radius 3 is 2.79 bits per heavy atom. The lowest BCUT2D eigenvalue weighted by Gasteiger charge is -2.09. The topological polar surface area (TPSA) is 109 Å². The molecule has 0 saturated heterocycles. The van der Waals surface area contributed by atoms with Gasteiger partial charge in [0.05, 0.1) is 18.0 Å². The SMILES string of the molecule is O=C(COc1cccc(NC(=O)c2ccco2)c1)Nc1ccc2[nH]ncc2c1. The Morgan fingerprint density at radius 1 is 1.04 bits per heavy atom. The lowest BCUT2D eigenvalue weighted by Crippen LogP contribution is -2.20. The molecule has 0 unspecified atom stereocenters. The van der Waals surface area contributed by atoms with Gasteiger partial charge in [0.25, 0.3) is 11.8 Å². The van der Waals surface area contributed by atoms with E-state index in [2.05, 4.69) is 20.8 Å². The summed E-state index contributed by atoms with van der Waals surface area (Å²) < 4.78 is 10.6. The highest BCUT2D eigenvalue weighted by Crippen LogP contribution is 2.19. The van der Waals surface area contributed by atoms with Crippen LogP contribution in [0.2, 0.25) is 0 Å². The van der Waals surface area contributed by atoms with E-state index in [1.165, 1.54) is 6.26 Å². The number of carbonyl (C=O) groups excluding carboxylic acids is 2. The summed E-state index contributed by atoms with van der Waals surface area (Å²) >= 11 is 0. The summed E-state index contributed by atoms with van der Waals surface area (Å²) in [7, 11) is 0. The number of hydrogen-bond acceptors (Lipinski definition) is 5. The molecule has 8 nitrogen and oxygen atoms in total. The van der Waals surface area contributed by atoms with Crippen LogP contribution in [0.5, 0.6) is 5.75 Å². The van der Waals surface area contributed by atoms with Crippen LogP contribution in [-0.2, 0) is 4.79 Å². The molecule has 140 valence electrons. The zero-order valence-corrected chi connectivity index (χ0v) is 14.6. The van der Waals surface area contributed by atoms with Crippen LogP contribution in [0, 0.1) is 0 Å². The Bertz CT molecular complexity index is 1120. The van der Waals surface area contributed by atoms with Crippen molar-refractivity contribution < 1.29 is 18.7 Å². The molecule has 0 atom stereocenters. The van der Waals surface area contributed by atoms with Gasteiger partial charge >= 0.3 is 0 Å². The summed E-state index contributed by atoms with van der Waals surface area (Å²) in [6.07, 6.45) is 3.11. The molecule has 3 N–H and O–H groups in total. The second-order valence-corrected chi connectivity index (χ2v) is 5.97. The van der Waals surface area contributed by atoms with Gasteiger partial charge in [0.1, 0.15) is 5.75 Å². The normalized spacial score (nSPS) is 10.6. The Kier molecular flexibility index (Phi) is 4.75. The van der Waals surface area contributed by atoms with E-state index in [9.17, 15) is 9.59 Å². The van der Waals surface area contributed by atoms with Crippen molar-refractivity contribution in [3.63, 3.8) is 0 Å². The van der Waals surface area contributed by atoms with Gasteiger partial charge in [0.2, 0.25) is 0 Å². The van der Waals surface area contributed by atoms with Gasteiger partial charge in [-0.2, -0.15) is 5.10 Å². The van der Waals surface area contributed by atoms with Gasteiger partial charge in [-0.15, -0.1) is 0 Å². The van der Waals surface area contributed by atoms with Crippen molar-refractivity contribution >= 4 is 34.1 Å². The van der Waals surface area contributed by atoms with Crippen LogP contribution in [0.15, 0.2) is 71.5 Å². The number of aromatic amines is 1. The minimum absolute atomic E-state index is 0.168. The van der Waals surface area contributed by atoms with Gasteiger partial charge < -0.3 is 19.8 Å². The molecule has 0 aliphatic heterocycles. The molecule has 0 saturated carbocycles. The van der Waals surface area contributed by atoms with Gasteiger partial charge in [0.15, 0.2) is 12.4 Å². The summed E-state index contributed by atoms with van der Waals surface area (Å²) in [4.78, 5) is 24.1. The maximum Gasteiger partial charge on any atom is 0.291 e. The number of aromatic nitrogens is 2. The number of fused-ring (bicyclic) bond motifs is 1. The number of rotatable bonds is 6. The van der Waals surface area contributed by atoms with E-state index in [1.807, 2.05) is 12.1 Å². The highest BCUT2D eigenvalue weighted by molar-refractivity contribution is 6.02. The molecular formula is C20H16N4O4. The van der Waals surface area contributed by atoms with E-state index in [4.69, 9.17) is 9.15 Å². The Hall–Kier alpha value is -4.07. The minimum atomic E-state index is -0.366. The zero-order valence-electron chi connectivity index (χ0n) is 14.6. The van der Waals surface area contributed by atoms with E-state index < -0.39 is 0 Å². The van der Waals surface area contributed by atoms with Gasteiger partial charge in [-0.25, -0.2) is 0 Å². The maximum atomic E-state index is 12.1. The zero-order chi connectivity index (χ0) is 19.3. The van der Waals surface area contributed by atoms with Crippen molar-refractivity contribution in [3.05, 3.63) is 72.8 Å². The van der Waals surface area contributed by atoms with E-state index in [1.54, 1.807) is 48.7 Å². The van der Waals surface area contributed by atoms with Crippen molar-refractivity contribution in [1.29, 1.82) is 0 Å². The third kappa shape index (κ3) is 4.01. The molecule has 4 rings (SSSR count). The van der Waals surface area contributed by atoms with Crippen molar-refractivity contribution in [1.82, 2.24) is 10.2 Å². The van der Waals surface area contributed by atoms with Gasteiger partial charge in [-0.05, 0) is 42.5 Å². The molecule has 28 heavy (non-hydrogen) atoms. The third-order valence-electron chi connectivity index (χ3n) is 3.93. The first-order valence-corrected chi connectivity index (χ1v) is 8.48. The summed E-state index contributed by atoms with van der Waals surface area (Å²) in [6.45, 7) is -0.168. The standard InChI is InChI=1S/C20H16N4O4/c25-19(22-15-6-7-17-13(9-15)11-21-24-17)12-28-16-4-1-3-14(10-16)23-20(26)18-5-2-8-27-18/h1-11H,12H2,(H,21,24)(H,22,25)(H,23,26). The van der Waals surface area contributed by atoms with Crippen LogP contribution in [0.3, 0.4) is 0 Å². The maximum absolute atomic E-state index is 12.1. The number of ether oxygens (including phenoxy) is 1. The van der Waals surface area contributed by atoms with E-state index in [-0.39, 0.29) is 24.2 Å². The fraction of sp³-hybridized carbons (Fsp3) is 0.0500. The van der Waals surface area contributed by atoms with Gasteiger partial charge in [-0.1, -0.05) is 6.07 Å². The molecule has 4 aromatic rings. The lowest BCUT2D eigenvalue weighted by molar-refractivity contribution is -0.118. The monoisotopic (exact) mass is 376 g/mol. The molecular weight excluding hydrogens is 360 g/mol. The molecule has 2 aromatic heterocycles. The van der Waals surface area contributed by atoms with Gasteiger partial charge in [-0.3, -0.25) is 14.7 Å². The number of amides is 2. The molecule has 0 aliphatic carbocycles. The molecule has 2 heterocycles. The first kappa shape index (κ1) is 17.3. The lowest BCUT2D eigenvalue weighted by atomic mass is 10.2. The Balaban J connectivity index is 1.33. The number of carbonyl (C=O) groups is 2. The summed E-state index contributed by atoms with van der Waals surface area (Å²) in [5.74, 6) is 0.000345. The molecule has 8 heteroatoms. The van der Waals surface area contributed by atoms with Gasteiger partial charge in [0, 0.05) is 22.8 Å². The quantitative estimate of drug-likeness (QED) is 0.478. The van der Waals surface area contributed by atoms with Crippen LogP contribution in [-0.4, -0.2) is 28.6 Å². The molecule has 0 bridgehead atoms. The smallest absolute Gasteiger partial charge is 0.291 e. The number of nitrogens with one attached hydrogen (secondary N) is 3. The summed E-state index contributed by atoms with van der Waals surface area (Å²) in [5.41, 5.74) is 2.08. The second-order valence-electron chi connectivity index (χ2n) is 5.97. The van der Waals surface area contributed by atoms with E-state index in [0.29, 0.717) is 17.1 Å². The Labute approximate surface area is 159 Å². The van der Waals surface area contributed by atoms with Crippen LogP contribution in [0.25, 0.3) is 10.9 Å². The Morgan fingerprint density at radius 2 is 1.93 bits per heavy atom. The molecule has 0 aliphatic rings. The molecule has 2 amide bonds. The van der Waals surface area contributed by atoms with Crippen LogP contribution < -0.4 is 15.4 Å². The van der Waals surface area contributed by atoms with Crippen molar-refractivity contribution in [2.75, 3.05) is 17.2 Å². The number of benzene rings is 2. The first-order chi connectivity index (χ1) is 13.7. The van der Waals surface area contributed by atoms with E-state index >= 15 is 0 Å². The van der Waals surface area contributed by atoms with Crippen LogP contribution in [0.4, 0.5) is 11.4 Å². The number of nitrogens with zero attached hydrogens (tertiary/aromatic N) is 1. The fourth-order valence-corrected chi connectivity index (χ4v) is 2.63. The van der Waals surface area contributed by atoms with E-state index in [0.717, 1.165) is 10.9 Å². The minimum Gasteiger partial charge on any atom is -0.484 e. The van der Waals surface area contributed by atoms with Crippen molar-refractivity contribution in [3.8, 4) is 5.75 Å². The van der Waals surface area contributed by atoms with Crippen molar-refractivity contribution in [2.24, 2.45) is 0 Å². The number of furan rings is 1. The molecule has 2 aromatic carbocycles. The highest BCUT2D eigenvalue weighted by Gasteiger charge is 2.10. The highest BCUT2D eigenvalue weighted by atomic mass is 16.5. The van der Waals surface area contributed by atoms with Crippen LogP contribution >= 0.6 is 0 Å². The summed E-state index contributed by atoms with van der Waals surface area (Å²) in [5, 5.41) is 13.2. The summed E-state index contributed by atoms with van der Waals surface area (Å²) in [6, 6.07) is 15.4. The molecule has 0 radical (unpaired) electrons. The predicted molar refractivity (Wildman–Crippen MR) is 103 cm³/mol. The third-order valence-corrected chi connectivity index (χ3v) is 3.93. The number of anilines is 2. The molecule has 0 fully saturated rings.